The van der Waals surface area contributed by atoms with E-state index >= 15 is 0 Å². The number of rotatable bonds is 1. The van der Waals surface area contributed by atoms with E-state index in [1.165, 1.54) is 5.56 Å². The summed E-state index contributed by atoms with van der Waals surface area (Å²) >= 11 is 1.66. The van der Waals surface area contributed by atoms with Crippen LogP contribution in [0.1, 0.15) is 15.9 Å². The van der Waals surface area contributed by atoms with Gasteiger partial charge >= 0.3 is 0 Å². The SMILES string of the molecule is Cc1ccc2c(c1)Sc1ccccc1C(=O)N2c1ccccc1. The van der Waals surface area contributed by atoms with Crippen molar-refractivity contribution >= 4 is 29.0 Å². The van der Waals surface area contributed by atoms with Gasteiger partial charge in [0.05, 0.1) is 11.3 Å². The first-order valence-corrected chi connectivity index (χ1v) is 8.33. The van der Waals surface area contributed by atoms with Gasteiger partial charge in [-0.15, -0.1) is 0 Å². The Morgan fingerprint density at radius 1 is 0.826 bits per heavy atom. The normalized spacial score (nSPS) is 13.3. The van der Waals surface area contributed by atoms with Crippen molar-refractivity contribution in [3.8, 4) is 0 Å². The molecule has 1 heterocycles. The number of carbonyl (C=O) groups excluding carboxylic acids is 1. The van der Waals surface area contributed by atoms with Gasteiger partial charge in [-0.25, -0.2) is 0 Å². The zero-order chi connectivity index (χ0) is 15.8. The van der Waals surface area contributed by atoms with Crippen LogP contribution < -0.4 is 4.90 Å². The van der Waals surface area contributed by atoms with E-state index in [0.29, 0.717) is 0 Å². The molecule has 0 fully saturated rings. The Hall–Kier alpha value is -2.52. The summed E-state index contributed by atoms with van der Waals surface area (Å²) in [5.41, 5.74) is 3.76. The summed E-state index contributed by atoms with van der Waals surface area (Å²) in [5.74, 6) is 0.0157. The lowest BCUT2D eigenvalue weighted by Gasteiger charge is -2.23. The predicted molar refractivity (Wildman–Crippen MR) is 94.7 cm³/mol. The molecule has 0 N–H and O–H groups in total. The molecule has 0 radical (unpaired) electrons. The van der Waals surface area contributed by atoms with Crippen LogP contribution in [0.3, 0.4) is 0 Å². The molecule has 0 saturated heterocycles. The van der Waals surface area contributed by atoms with Gasteiger partial charge in [-0.1, -0.05) is 48.2 Å². The number of aryl methyl sites for hydroxylation is 1. The van der Waals surface area contributed by atoms with E-state index in [1.807, 2.05) is 65.6 Å². The second-order valence-electron chi connectivity index (χ2n) is 5.55. The Morgan fingerprint density at radius 2 is 1.57 bits per heavy atom. The average Bonchev–Trinajstić information content (AvgIpc) is 2.69. The molecule has 4 rings (SSSR count). The molecular formula is C20H15NOS. The van der Waals surface area contributed by atoms with Gasteiger partial charge in [0.2, 0.25) is 0 Å². The standard InChI is InChI=1S/C20H15NOS/c1-14-11-12-17-19(13-14)23-18-10-6-5-9-16(18)20(22)21(17)15-7-3-2-4-8-15/h2-13H,1H3. The lowest BCUT2D eigenvalue weighted by atomic mass is 10.1. The minimum absolute atomic E-state index is 0.0157. The second-order valence-corrected chi connectivity index (χ2v) is 6.63. The number of para-hydroxylation sites is 1. The quantitative estimate of drug-likeness (QED) is 0.596. The third-order valence-electron chi connectivity index (χ3n) is 3.91. The molecule has 1 aliphatic heterocycles. The fraction of sp³-hybridized carbons (Fsp3) is 0.0500. The first-order valence-electron chi connectivity index (χ1n) is 7.51. The molecule has 0 spiro atoms. The summed E-state index contributed by atoms with van der Waals surface area (Å²) in [6, 6.07) is 23.9. The molecular weight excluding hydrogens is 302 g/mol. The third kappa shape index (κ3) is 2.43. The maximum Gasteiger partial charge on any atom is 0.264 e. The fourth-order valence-corrected chi connectivity index (χ4v) is 3.96. The summed E-state index contributed by atoms with van der Waals surface area (Å²) in [4.78, 5) is 17.1. The van der Waals surface area contributed by atoms with Gasteiger partial charge in [0.25, 0.3) is 5.91 Å². The maximum atomic E-state index is 13.2. The number of benzene rings is 3. The van der Waals surface area contributed by atoms with Gasteiger partial charge in [0.1, 0.15) is 0 Å². The van der Waals surface area contributed by atoms with Crippen molar-refractivity contribution in [2.75, 3.05) is 4.90 Å². The average molecular weight is 317 g/mol. The van der Waals surface area contributed by atoms with Crippen LogP contribution in [0.15, 0.2) is 82.6 Å². The molecule has 0 atom stereocenters. The van der Waals surface area contributed by atoms with E-state index in [-0.39, 0.29) is 5.91 Å². The number of amides is 1. The minimum Gasteiger partial charge on any atom is -0.276 e. The van der Waals surface area contributed by atoms with Crippen LogP contribution in [0, 0.1) is 6.92 Å². The molecule has 3 heteroatoms. The van der Waals surface area contributed by atoms with E-state index in [4.69, 9.17) is 0 Å². The van der Waals surface area contributed by atoms with Crippen LogP contribution in [0.4, 0.5) is 11.4 Å². The molecule has 3 aromatic rings. The van der Waals surface area contributed by atoms with Crippen LogP contribution in [-0.2, 0) is 0 Å². The number of fused-ring (bicyclic) bond motifs is 2. The van der Waals surface area contributed by atoms with Crippen LogP contribution >= 0.6 is 11.8 Å². The van der Waals surface area contributed by atoms with Crippen LogP contribution in [-0.4, -0.2) is 5.91 Å². The first kappa shape index (κ1) is 14.1. The molecule has 0 unspecified atom stereocenters. The summed E-state index contributed by atoms with van der Waals surface area (Å²) < 4.78 is 0. The van der Waals surface area contributed by atoms with Gasteiger partial charge in [0.15, 0.2) is 0 Å². The fourth-order valence-electron chi connectivity index (χ4n) is 2.80. The van der Waals surface area contributed by atoms with Gasteiger partial charge in [-0.2, -0.15) is 0 Å². The van der Waals surface area contributed by atoms with Crippen molar-refractivity contribution < 1.29 is 4.79 Å². The monoisotopic (exact) mass is 317 g/mol. The number of hydrogen-bond donors (Lipinski definition) is 0. The Balaban J connectivity index is 1.99. The predicted octanol–water partition coefficient (Wildman–Crippen LogP) is 5.44. The molecule has 2 nitrogen and oxygen atoms in total. The zero-order valence-electron chi connectivity index (χ0n) is 12.7. The highest BCUT2D eigenvalue weighted by molar-refractivity contribution is 7.99. The topological polar surface area (TPSA) is 20.3 Å². The minimum atomic E-state index is 0.0157. The van der Waals surface area contributed by atoms with Crippen molar-refractivity contribution in [1.29, 1.82) is 0 Å². The molecule has 112 valence electrons. The van der Waals surface area contributed by atoms with Crippen molar-refractivity contribution in [2.24, 2.45) is 0 Å². The van der Waals surface area contributed by atoms with Gasteiger partial charge in [0, 0.05) is 15.5 Å². The molecule has 1 aliphatic rings. The number of hydrogen-bond acceptors (Lipinski definition) is 2. The second kappa shape index (κ2) is 5.60. The van der Waals surface area contributed by atoms with Gasteiger partial charge < -0.3 is 0 Å². The molecule has 0 aromatic heterocycles. The van der Waals surface area contributed by atoms with E-state index in [2.05, 4.69) is 19.1 Å². The number of nitrogens with zero attached hydrogens (tertiary/aromatic N) is 1. The molecule has 0 aliphatic carbocycles. The van der Waals surface area contributed by atoms with Crippen LogP contribution in [0.2, 0.25) is 0 Å². The Labute approximate surface area is 139 Å². The van der Waals surface area contributed by atoms with E-state index in [0.717, 1.165) is 26.7 Å². The highest BCUT2D eigenvalue weighted by Crippen LogP contribution is 2.44. The molecule has 0 bridgehead atoms. The number of anilines is 2. The lowest BCUT2D eigenvalue weighted by molar-refractivity contribution is 0.0996. The van der Waals surface area contributed by atoms with E-state index in [9.17, 15) is 4.79 Å². The summed E-state index contributed by atoms with van der Waals surface area (Å²) in [6.07, 6.45) is 0. The zero-order valence-corrected chi connectivity index (χ0v) is 13.5. The summed E-state index contributed by atoms with van der Waals surface area (Å²) in [7, 11) is 0. The Bertz CT molecular complexity index is 889. The van der Waals surface area contributed by atoms with E-state index in [1.54, 1.807) is 11.8 Å². The Kier molecular flexibility index (Phi) is 3.43. The maximum absolute atomic E-state index is 13.2. The molecule has 0 saturated carbocycles. The van der Waals surface area contributed by atoms with E-state index < -0.39 is 0 Å². The molecule has 1 amide bonds. The third-order valence-corrected chi connectivity index (χ3v) is 5.03. The van der Waals surface area contributed by atoms with Gasteiger partial charge in [-0.3, -0.25) is 9.69 Å². The number of carbonyl (C=O) groups is 1. The highest BCUT2D eigenvalue weighted by atomic mass is 32.2. The van der Waals surface area contributed by atoms with Crippen LogP contribution in [0.25, 0.3) is 0 Å². The van der Waals surface area contributed by atoms with Crippen LogP contribution in [0.5, 0.6) is 0 Å². The smallest absolute Gasteiger partial charge is 0.264 e. The first-order chi connectivity index (χ1) is 11.2. The van der Waals surface area contributed by atoms with Crippen molar-refractivity contribution in [1.82, 2.24) is 0 Å². The van der Waals surface area contributed by atoms with Crippen molar-refractivity contribution in [3.05, 3.63) is 83.9 Å². The lowest BCUT2D eigenvalue weighted by Crippen LogP contribution is -2.25. The van der Waals surface area contributed by atoms with Crippen molar-refractivity contribution in [3.63, 3.8) is 0 Å². The molecule has 23 heavy (non-hydrogen) atoms. The summed E-state index contributed by atoms with van der Waals surface area (Å²) in [5, 5.41) is 0. The highest BCUT2D eigenvalue weighted by Gasteiger charge is 2.28. The largest absolute Gasteiger partial charge is 0.276 e. The van der Waals surface area contributed by atoms with Gasteiger partial charge in [-0.05, 0) is 48.9 Å². The summed E-state index contributed by atoms with van der Waals surface area (Å²) in [6.45, 7) is 2.08. The molecule has 3 aromatic carbocycles. The Morgan fingerprint density at radius 3 is 2.39 bits per heavy atom. The van der Waals surface area contributed by atoms with Crippen molar-refractivity contribution in [2.45, 2.75) is 16.7 Å².